The highest BCUT2D eigenvalue weighted by Gasteiger charge is 2.23. The number of nitrogens with zero attached hydrogens (tertiary/aromatic N) is 2. The molecule has 1 aliphatic rings. The van der Waals surface area contributed by atoms with Gasteiger partial charge < -0.3 is 11.1 Å². The number of nitrogens with one attached hydrogen (secondary N) is 2. The molecule has 0 fully saturated rings. The van der Waals surface area contributed by atoms with Gasteiger partial charge in [-0.1, -0.05) is 0 Å². The first-order chi connectivity index (χ1) is 13.0. The molecule has 3 aromatic rings. The van der Waals surface area contributed by atoms with Crippen LogP contribution >= 0.6 is 11.3 Å². The molecular weight excluding hydrogens is 376 g/mol. The van der Waals surface area contributed by atoms with Crippen LogP contribution in [0.25, 0.3) is 10.2 Å². The van der Waals surface area contributed by atoms with Gasteiger partial charge in [0.25, 0.3) is 5.91 Å². The summed E-state index contributed by atoms with van der Waals surface area (Å²) in [5, 5.41) is 5.34. The second kappa shape index (κ2) is 6.54. The first kappa shape index (κ1) is 17.3. The van der Waals surface area contributed by atoms with E-state index in [0.717, 1.165) is 47.2 Å². The third kappa shape index (κ3) is 2.97. The molecule has 2 aromatic heterocycles. The van der Waals surface area contributed by atoms with Crippen LogP contribution in [-0.4, -0.2) is 21.9 Å². The highest BCUT2D eigenvalue weighted by atomic mass is 32.1. The van der Waals surface area contributed by atoms with E-state index in [0.29, 0.717) is 0 Å². The molecule has 0 bridgehead atoms. The van der Waals surface area contributed by atoms with Crippen LogP contribution in [0.15, 0.2) is 18.5 Å². The predicted molar refractivity (Wildman–Crippen MR) is 97.0 cm³/mol. The minimum absolute atomic E-state index is 0.267. The summed E-state index contributed by atoms with van der Waals surface area (Å²) in [5.41, 5.74) is 4.86. The van der Waals surface area contributed by atoms with E-state index in [1.54, 1.807) is 11.3 Å². The zero-order valence-electron chi connectivity index (χ0n) is 13.8. The van der Waals surface area contributed by atoms with Gasteiger partial charge in [-0.3, -0.25) is 10.1 Å². The molecule has 1 aromatic carbocycles. The van der Waals surface area contributed by atoms with Crippen LogP contribution in [0.1, 0.15) is 27.2 Å². The normalized spacial score (nSPS) is 12.8. The molecule has 7 nitrogen and oxygen atoms in total. The summed E-state index contributed by atoms with van der Waals surface area (Å²) in [7, 11) is 0. The highest BCUT2D eigenvalue weighted by molar-refractivity contribution is 7.19. The zero-order valence-corrected chi connectivity index (χ0v) is 14.6. The van der Waals surface area contributed by atoms with Crippen molar-refractivity contribution >= 4 is 45.0 Å². The van der Waals surface area contributed by atoms with Gasteiger partial charge in [0.2, 0.25) is 0 Å². The van der Waals surface area contributed by atoms with Gasteiger partial charge in [0.15, 0.2) is 5.82 Å². The lowest BCUT2D eigenvalue weighted by molar-refractivity contribution is 0.0996. The molecule has 3 amide bonds. The van der Waals surface area contributed by atoms with Gasteiger partial charge in [-0.05, 0) is 37.0 Å². The van der Waals surface area contributed by atoms with Crippen LogP contribution in [0.2, 0.25) is 0 Å². The molecule has 0 atom stereocenters. The lowest BCUT2D eigenvalue weighted by Crippen LogP contribution is -2.23. The molecule has 0 saturated heterocycles. The Kier molecular flexibility index (Phi) is 4.19. The second-order valence-corrected chi connectivity index (χ2v) is 7.07. The average molecular weight is 389 g/mol. The number of urea groups is 1. The molecule has 0 spiro atoms. The minimum Gasteiger partial charge on any atom is -0.366 e. The number of aryl methyl sites for hydroxylation is 2. The number of hydrogen-bond donors (Lipinski definition) is 3. The van der Waals surface area contributed by atoms with Crippen molar-refractivity contribution in [2.45, 2.75) is 19.3 Å². The second-order valence-electron chi connectivity index (χ2n) is 5.99. The van der Waals surface area contributed by atoms with Crippen molar-refractivity contribution in [3.05, 3.63) is 46.1 Å². The summed E-state index contributed by atoms with van der Waals surface area (Å²) < 4.78 is 28.2. The van der Waals surface area contributed by atoms with E-state index in [2.05, 4.69) is 20.6 Å². The molecule has 27 heavy (non-hydrogen) atoms. The standard InChI is InChI=1S/C17H13F2N5O2S/c18-9-5-4-8(14(20)25)12(19)13(9)23-17(26)24-15-11-7-2-1-3-10(7)27-16(11)22-6-21-15/h4-6H,1-3H2,(H2,20,25)(H2,21,22,23,24,26). The monoisotopic (exact) mass is 389 g/mol. The fourth-order valence-electron chi connectivity index (χ4n) is 3.13. The Labute approximate surface area is 155 Å². The number of nitrogens with two attached hydrogens (primary N) is 1. The van der Waals surface area contributed by atoms with Crippen LogP contribution in [0.5, 0.6) is 0 Å². The molecule has 10 heteroatoms. The molecule has 2 heterocycles. The zero-order chi connectivity index (χ0) is 19.1. The topological polar surface area (TPSA) is 110 Å². The van der Waals surface area contributed by atoms with Crippen molar-refractivity contribution in [2.75, 3.05) is 10.6 Å². The van der Waals surface area contributed by atoms with E-state index in [1.165, 1.54) is 11.2 Å². The van der Waals surface area contributed by atoms with Gasteiger partial charge in [0.1, 0.15) is 28.5 Å². The van der Waals surface area contributed by atoms with E-state index in [-0.39, 0.29) is 5.82 Å². The van der Waals surface area contributed by atoms with E-state index >= 15 is 0 Å². The van der Waals surface area contributed by atoms with Gasteiger partial charge in [-0.15, -0.1) is 11.3 Å². The van der Waals surface area contributed by atoms with E-state index in [1.807, 2.05) is 0 Å². The number of halogens is 2. The number of rotatable bonds is 3. The maximum Gasteiger partial charge on any atom is 0.325 e. The van der Waals surface area contributed by atoms with Crippen molar-refractivity contribution < 1.29 is 18.4 Å². The van der Waals surface area contributed by atoms with Crippen LogP contribution < -0.4 is 16.4 Å². The third-order valence-electron chi connectivity index (χ3n) is 4.33. The molecule has 138 valence electrons. The van der Waals surface area contributed by atoms with Crippen LogP contribution in [0.4, 0.5) is 25.1 Å². The largest absolute Gasteiger partial charge is 0.366 e. The first-order valence-electron chi connectivity index (χ1n) is 8.06. The van der Waals surface area contributed by atoms with E-state index in [4.69, 9.17) is 5.73 Å². The number of carbonyl (C=O) groups is 2. The Morgan fingerprint density at radius 1 is 1.15 bits per heavy atom. The summed E-state index contributed by atoms with van der Waals surface area (Å²) in [6.07, 6.45) is 4.16. The fourth-order valence-corrected chi connectivity index (χ4v) is 4.36. The van der Waals surface area contributed by atoms with Crippen molar-refractivity contribution in [1.82, 2.24) is 9.97 Å². The molecule has 0 saturated carbocycles. The summed E-state index contributed by atoms with van der Waals surface area (Å²) in [5.74, 6) is -3.06. The molecular formula is C17H13F2N5O2S. The molecule has 4 rings (SSSR count). The average Bonchev–Trinajstić information content (AvgIpc) is 3.19. The van der Waals surface area contributed by atoms with Crippen molar-refractivity contribution in [3.8, 4) is 0 Å². The maximum absolute atomic E-state index is 14.3. The number of fused-ring (bicyclic) bond motifs is 3. The van der Waals surface area contributed by atoms with E-state index in [9.17, 15) is 18.4 Å². The Hall–Kier alpha value is -3.14. The lowest BCUT2D eigenvalue weighted by atomic mass is 10.1. The van der Waals surface area contributed by atoms with Crippen molar-refractivity contribution in [1.29, 1.82) is 0 Å². The highest BCUT2D eigenvalue weighted by Crippen LogP contribution is 2.39. The number of primary amides is 1. The summed E-state index contributed by atoms with van der Waals surface area (Å²) in [6, 6.07) is 0.874. The maximum atomic E-state index is 14.3. The summed E-state index contributed by atoms with van der Waals surface area (Å²) >= 11 is 1.55. The Morgan fingerprint density at radius 2 is 1.96 bits per heavy atom. The summed E-state index contributed by atoms with van der Waals surface area (Å²) in [4.78, 5) is 33.8. The third-order valence-corrected chi connectivity index (χ3v) is 5.53. The van der Waals surface area contributed by atoms with E-state index < -0.39 is 34.8 Å². The molecule has 4 N–H and O–H groups in total. The Morgan fingerprint density at radius 3 is 2.74 bits per heavy atom. The molecule has 0 radical (unpaired) electrons. The molecule has 1 aliphatic carbocycles. The SMILES string of the molecule is NC(=O)c1ccc(F)c(NC(=O)Nc2ncnc3sc4c(c23)CCC4)c1F. The number of amides is 3. The lowest BCUT2D eigenvalue weighted by Gasteiger charge is -2.11. The quantitative estimate of drug-likeness (QED) is 0.639. The number of thiophene rings is 1. The summed E-state index contributed by atoms with van der Waals surface area (Å²) in [6.45, 7) is 0. The molecule has 0 unspecified atom stereocenters. The number of hydrogen-bond acceptors (Lipinski definition) is 5. The number of anilines is 2. The Bertz CT molecular complexity index is 1100. The number of aromatic nitrogens is 2. The van der Waals surface area contributed by atoms with Gasteiger partial charge in [0, 0.05) is 4.88 Å². The van der Waals surface area contributed by atoms with Crippen LogP contribution in [0.3, 0.4) is 0 Å². The fraction of sp³-hybridized carbons (Fsp3) is 0.176. The van der Waals surface area contributed by atoms with Gasteiger partial charge in [-0.2, -0.15) is 0 Å². The predicted octanol–water partition coefficient (Wildman–Crippen LogP) is 3.20. The van der Waals surface area contributed by atoms with Gasteiger partial charge >= 0.3 is 6.03 Å². The molecule has 0 aliphatic heterocycles. The van der Waals surface area contributed by atoms with Gasteiger partial charge in [0.05, 0.1) is 10.9 Å². The van der Waals surface area contributed by atoms with Gasteiger partial charge in [-0.25, -0.2) is 23.5 Å². The number of benzene rings is 1. The first-order valence-corrected chi connectivity index (χ1v) is 8.88. The number of carbonyl (C=O) groups excluding carboxylic acids is 2. The minimum atomic E-state index is -1.23. The van der Waals surface area contributed by atoms with Crippen molar-refractivity contribution in [3.63, 3.8) is 0 Å². The van der Waals surface area contributed by atoms with Crippen LogP contribution in [0, 0.1) is 11.6 Å². The van der Waals surface area contributed by atoms with Crippen LogP contribution in [-0.2, 0) is 12.8 Å². The smallest absolute Gasteiger partial charge is 0.325 e. The van der Waals surface area contributed by atoms with Crippen molar-refractivity contribution in [2.24, 2.45) is 5.73 Å². The Balaban J connectivity index is 1.64.